The molecule has 110 valence electrons. The van der Waals surface area contributed by atoms with E-state index in [9.17, 15) is 8.78 Å². The van der Waals surface area contributed by atoms with Gasteiger partial charge in [-0.1, -0.05) is 0 Å². The molecule has 2 rings (SSSR count). The molecule has 0 bridgehead atoms. The summed E-state index contributed by atoms with van der Waals surface area (Å²) in [6.07, 6.45) is 0. The molecule has 1 aliphatic rings. The second kappa shape index (κ2) is 5.00. The van der Waals surface area contributed by atoms with Gasteiger partial charge in [0, 0.05) is 11.5 Å². The van der Waals surface area contributed by atoms with E-state index in [0.29, 0.717) is 6.61 Å². The van der Waals surface area contributed by atoms with Crippen LogP contribution in [0.2, 0.25) is 0 Å². The average Bonchev–Trinajstić information content (AvgIpc) is 2.53. The Morgan fingerprint density at radius 1 is 1.10 bits per heavy atom. The first-order chi connectivity index (χ1) is 9.18. The lowest BCUT2D eigenvalue weighted by Gasteiger charge is -2.32. The molecule has 6 heteroatoms. The van der Waals surface area contributed by atoms with Crippen molar-refractivity contribution in [1.29, 1.82) is 0 Å². The summed E-state index contributed by atoms with van der Waals surface area (Å²) in [6.45, 7) is 9.56. The molecule has 3 nitrogen and oxygen atoms in total. The van der Waals surface area contributed by atoms with E-state index in [4.69, 9.17) is 14.0 Å². The van der Waals surface area contributed by atoms with Crippen LogP contribution in [-0.4, -0.2) is 24.9 Å². The van der Waals surface area contributed by atoms with E-state index in [1.165, 1.54) is 6.07 Å². The van der Waals surface area contributed by atoms with E-state index in [2.05, 4.69) is 0 Å². The van der Waals surface area contributed by atoms with Crippen molar-refractivity contribution in [3.63, 3.8) is 0 Å². The van der Waals surface area contributed by atoms with Crippen LogP contribution in [-0.2, 0) is 9.31 Å². The van der Waals surface area contributed by atoms with Crippen molar-refractivity contribution in [3.8, 4) is 5.75 Å². The molecule has 0 unspecified atom stereocenters. The highest BCUT2D eigenvalue weighted by Crippen LogP contribution is 2.37. The summed E-state index contributed by atoms with van der Waals surface area (Å²) in [5.74, 6) is -1.68. The minimum atomic E-state index is -0.972. The van der Waals surface area contributed by atoms with Crippen molar-refractivity contribution < 1.29 is 22.8 Å². The number of benzene rings is 1. The molecule has 0 amide bonds. The molecular formula is C14H19BF2O3. The maximum atomic E-state index is 14.0. The fourth-order valence-corrected chi connectivity index (χ4v) is 1.98. The van der Waals surface area contributed by atoms with Gasteiger partial charge in [0.25, 0.3) is 0 Å². The molecule has 1 saturated heterocycles. The first-order valence-corrected chi connectivity index (χ1v) is 6.65. The van der Waals surface area contributed by atoms with E-state index in [-0.39, 0.29) is 11.2 Å². The summed E-state index contributed by atoms with van der Waals surface area (Å²) < 4.78 is 44.3. The Morgan fingerprint density at radius 2 is 1.65 bits per heavy atom. The zero-order valence-electron chi connectivity index (χ0n) is 12.4. The normalized spacial score (nSPS) is 20.2. The molecule has 0 spiro atoms. The average molecular weight is 284 g/mol. The van der Waals surface area contributed by atoms with Crippen molar-refractivity contribution in [2.75, 3.05) is 6.61 Å². The number of ether oxygens (including phenoxy) is 1. The van der Waals surface area contributed by atoms with Gasteiger partial charge in [-0.25, -0.2) is 8.78 Å². The van der Waals surface area contributed by atoms with Crippen LogP contribution < -0.4 is 10.2 Å². The maximum absolute atomic E-state index is 14.0. The summed E-state index contributed by atoms with van der Waals surface area (Å²) in [7, 11) is -0.949. The Kier molecular flexibility index (Phi) is 3.82. The molecule has 0 radical (unpaired) electrons. The third kappa shape index (κ3) is 2.54. The molecule has 0 atom stereocenters. The first kappa shape index (κ1) is 15.3. The van der Waals surface area contributed by atoms with Gasteiger partial charge in [0.15, 0.2) is 11.6 Å². The van der Waals surface area contributed by atoms with Crippen LogP contribution in [0.25, 0.3) is 0 Å². The third-order valence-electron chi connectivity index (χ3n) is 3.85. The van der Waals surface area contributed by atoms with Crippen molar-refractivity contribution in [2.24, 2.45) is 0 Å². The topological polar surface area (TPSA) is 27.7 Å². The lowest BCUT2D eigenvalue weighted by atomic mass is 9.78. The zero-order chi connectivity index (χ0) is 15.1. The van der Waals surface area contributed by atoms with E-state index < -0.39 is 30.0 Å². The highest BCUT2D eigenvalue weighted by molar-refractivity contribution is 6.62. The third-order valence-corrected chi connectivity index (χ3v) is 3.85. The monoisotopic (exact) mass is 284 g/mol. The Balaban J connectivity index is 2.39. The van der Waals surface area contributed by atoms with Gasteiger partial charge in [0.2, 0.25) is 0 Å². The van der Waals surface area contributed by atoms with Crippen LogP contribution in [0.4, 0.5) is 8.78 Å². The van der Waals surface area contributed by atoms with Crippen molar-refractivity contribution in [1.82, 2.24) is 0 Å². The minimum absolute atomic E-state index is 0.0205. The molecule has 1 heterocycles. The molecule has 1 fully saturated rings. The summed E-state index contributed by atoms with van der Waals surface area (Å²) in [4.78, 5) is 0. The predicted molar refractivity (Wildman–Crippen MR) is 73.2 cm³/mol. The van der Waals surface area contributed by atoms with Crippen molar-refractivity contribution in [2.45, 2.75) is 45.8 Å². The van der Waals surface area contributed by atoms with E-state index in [1.54, 1.807) is 6.92 Å². The molecule has 0 N–H and O–H groups in total. The fourth-order valence-electron chi connectivity index (χ4n) is 1.98. The summed E-state index contributed by atoms with van der Waals surface area (Å²) >= 11 is 0. The standard InChI is InChI=1S/C14H19BF2O3/c1-6-18-9-7-10(12(17)11(16)8-9)15-19-13(2,3)14(4,5)20-15/h7-8H,6H2,1-5H3. The van der Waals surface area contributed by atoms with Gasteiger partial charge < -0.3 is 14.0 Å². The van der Waals surface area contributed by atoms with E-state index >= 15 is 0 Å². The van der Waals surface area contributed by atoms with Crippen LogP contribution in [0.3, 0.4) is 0 Å². The smallest absolute Gasteiger partial charge is 0.494 e. The number of hydrogen-bond donors (Lipinski definition) is 0. The Morgan fingerprint density at radius 3 is 2.15 bits per heavy atom. The molecule has 0 aliphatic carbocycles. The lowest BCUT2D eigenvalue weighted by molar-refractivity contribution is 0.00578. The Hall–Kier alpha value is -1.14. The summed E-state index contributed by atoms with van der Waals surface area (Å²) in [5, 5.41) is 0. The van der Waals surface area contributed by atoms with Crippen LogP contribution in [0.1, 0.15) is 34.6 Å². The second-order valence-corrected chi connectivity index (χ2v) is 5.83. The maximum Gasteiger partial charge on any atom is 0.498 e. The molecule has 20 heavy (non-hydrogen) atoms. The van der Waals surface area contributed by atoms with Gasteiger partial charge in [-0.15, -0.1) is 0 Å². The Bertz CT molecular complexity index is 501. The van der Waals surface area contributed by atoms with E-state index in [1.807, 2.05) is 27.7 Å². The Labute approximate surface area is 118 Å². The first-order valence-electron chi connectivity index (χ1n) is 6.65. The van der Waals surface area contributed by atoms with Crippen LogP contribution in [0, 0.1) is 11.6 Å². The minimum Gasteiger partial charge on any atom is -0.494 e. The predicted octanol–water partition coefficient (Wildman–Crippen LogP) is 2.66. The van der Waals surface area contributed by atoms with Crippen molar-refractivity contribution >= 4 is 12.6 Å². The van der Waals surface area contributed by atoms with Crippen molar-refractivity contribution in [3.05, 3.63) is 23.8 Å². The van der Waals surface area contributed by atoms with Gasteiger partial charge in [-0.05, 0) is 40.7 Å². The SMILES string of the molecule is CCOc1cc(F)c(F)c(B2OC(C)(C)C(C)(C)O2)c1. The molecule has 1 aromatic carbocycles. The van der Waals surface area contributed by atoms with Gasteiger partial charge in [-0.2, -0.15) is 0 Å². The largest absolute Gasteiger partial charge is 0.498 e. The molecule has 0 aromatic heterocycles. The molecular weight excluding hydrogens is 265 g/mol. The van der Waals surface area contributed by atoms with Gasteiger partial charge in [-0.3, -0.25) is 0 Å². The highest BCUT2D eigenvalue weighted by Gasteiger charge is 2.52. The number of rotatable bonds is 3. The fraction of sp³-hybridized carbons (Fsp3) is 0.571. The molecule has 0 saturated carbocycles. The van der Waals surface area contributed by atoms with Gasteiger partial charge >= 0.3 is 7.12 Å². The zero-order valence-corrected chi connectivity index (χ0v) is 12.4. The van der Waals surface area contributed by atoms with Gasteiger partial charge in [0.05, 0.1) is 17.8 Å². The number of hydrogen-bond acceptors (Lipinski definition) is 3. The van der Waals surface area contributed by atoms with Crippen LogP contribution in [0.5, 0.6) is 5.75 Å². The summed E-state index contributed by atoms with van der Waals surface area (Å²) in [5.41, 5.74) is -1.20. The quantitative estimate of drug-likeness (QED) is 0.799. The second-order valence-electron chi connectivity index (χ2n) is 5.83. The molecule has 1 aliphatic heterocycles. The summed E-state index contributed by atoms with van der Waals surface area (Å²) in [6, 6.07) is 2.44. The molecule has 1 aromatic rings. The van der Waals surface area contributed by atoms with Crippen LogP contribution in [0.15, 0.2) is 12.1 Å². The number of halogens is 2. The van der Waals surface area contributed by atoms with E-state index in [0.717, 1.165) is 6.07 Å². The lowest BCUT2D eigenvalue weighted by Crippen LogP contribution is -2.41. The van der Waals surface area contributed by atoms with Crippen LogP contribution >= 0.6 is 0 Å². The van der Waals surface area contributed by atoms with Gasteiger partial charge in [0.1, 0.15) is 5.75 Å². The highest BCUT2D eigenvalue weighted by atomic mass is 19.2.